The monoisotopic (exact) mass is 373 g/mol. The summed E-state index contributed by atoms with van der Waals surface area (Å²) in [4.78, 5) is 15.0. The molecule has 1 aromatic carbocycles. The lowest BCUT2D eigenvalue weighted by Gasteiger charge is -2.14. The number of nitrogens with zero attached hydrogens (tertiary/aromatic N) is 3. The Morgan fingerprint density at radius 1 is 1.35 bits per heavy atom. The number of aromatic nitrogens is 1. The van der Waals surface area contributed by atoms with Crippen LogP contribution in [-0.4, -0.2) is 9.91 Å². The summed E-state index contributed by atoms with van der Waals surface area (Å²) in [6, 6.07) is 12.7. The molecule has 0 spiro atoms. The summed E-state index contributed by atoms with van der Waals surface area (Å²) in [6.45, 7) is 2.10. The summed E-state index contributed by atoms with van der Waals surface area (Å²) in [5.74, 6) is -0.763. The van der Waals surface area contributed by atoms with Crippen LogP contribution < -0.4 is 0 Å². The van der Waals surface area contributed by atoms with Crippen LogP contribution in [0.4, 0.5) is 5.69 Å². The third-order valence-electron chi connectivity index (χ3n) is 3.63. The highest BCUT2D eigenvalue weighted by atomic mass is 79.9. The zero-order valence-electron chi connectivity index (χ0n) is 12.7. The van der Waals surface area contributed by atoms with Gasteiger partial charge < -0.3 is 0 Å². The van der Waals surface area contributed by atoms with Crippen LogP contribution in [0.25, 0.3) is 0 Å². The van der Waals surface area contributed by atoms with E-state index in [1.54, 1.807) is 0 Å². The number of nitriles is 1. The molecule has 0 N–H and O–H groups in total. The Balaban J connectivity index is 2.56. The van der Waals surface area contributed by atoms with E-state index in [-0.39, 0.29) is 11.4 Å². The summed E-state index contributed by atoms with van der Waals surface area (Å²) in [5, 5.41) is 20.9. The van der Waals surface area contributed by atoms with Crippen LogP contribution in [0, 0.1) is 21.4 Å². The Hall–Kier alpha value is -2.26. The van der Waals surface area contributed by atoms with Crippen LogP contribution in [-0.2, 0) is 6.42 Å². The van der Waals surface area contributed by atoms with Crippen LogP contribution >= 0.6 is 15.9 Å². The van der Waals surface area contributed by atoms with Gasteiger partial charge in [-0.15, -0.1) is 0 Å². The van der Waals surface area contributed by atoms with Gasteiger partial charge in [0.1, 0.15) is 16.2 Å². The molecule has 0 aliphatic heterocycles. The van der Waals surface area contributed by atoms with E-state index in [0.29, 0.717) is 4.60 Å². The molecular formula is C17H16BrN3O2. The minimum absolute atomic E-state index is 0.134. The second kappa shape index (κ2) is 7.84. The molecule has 0 aliphatic rings. The van der Waals surface area contributed by atoms with Gasteiger partial charge in [0.2, 0.25) is 0 Å². The number of hydrogen-bond acceptors (Lipinski definition) is 4. The molecule has 6 heteroatoms. The number of halogens is 1. The molecule has 23 heavy (non-hydrogen) atoms. The average Bonchev–Trinajstić information content (AvgIpc) is 2.54. The maximum Gasteiger partial charge on any atom is 0.292 e. The maximum absolute atomic E-state index is 11.3. The lowest BCUT2D eigenvalue weighted by molar-refractivity contribution is -0.386. The smallest absolute Gasteiger partial charge is 0.258 e. The second-order valence-corrected chi connectivity index (χ2v) is 5.97. The van der Waals surface area contributed by atoms with E-state index in [1.807, 2.05) is 24.3 Å². The van der Waals surface area contributed by atoms with Crippen molar-refractivity contribution in [3.8, 4) is 6.07 Å². The van der Waals surface area contributed by atoms with Gasteiger partial charge in [0.15, 0.2) is 0 Å². The summed E-state index contributed by atoms with van der Waals surface area (Å²) in [6.07, 6.45) is 2.89. The first-order valence-electron chi connectivity index (χ1n) is 7.36. The highest BCUT2D eigenvalue weighted by Gasteiger charge is 2.27. The van der Waals surface area contributed by atoms with Crippen molar-refractivity contribution in [3.05, 3.63) is 67.9 Å². The Kier molecular flexibility index (Phi) is 5.83. The SMILES string of the molecule is CCCCc1ccccc1C(C#N)c1nc(Br)ccc1[N+](=O)[O-]. The molecule has 5 nitrogen and oxygen atoms in total. The first-order valence-corrected chi connectivity index (χ1v) is 8.16. The number of nitro groups is 1. The molecule has 2 rings (SSSR count). The minimum atomic E-state index is -0.763. The third kappa shape index (κ3) is 3.93. The summed E-state index contributed by atoms with van der Waals surface area (Å²) in [7, 11) is 0. The van der Waals surface area contributed by atoms with Crippen molar-refractivity contribution in [2.75, 3.05) is 0 Å². The summed E-state index contributed by atoms with van der Waals surface area (Å²) < 4.78 is 0.476. The molecule has 1 aromatic heterocycles. The van der Waals surface area contributed by atoms with E-state index in [1.165, 1.54) is 12.1 Å². The molecule has 1 atom stereocenters. The number of aryl methyl sites for hydroxylation is 1. The Bertz CT molecular complexity index is 756. The fraction of sp³-hybridized carbons (Fsp3) is 0.294. The van der Waals surface area contributed by atoms with Gasteiger partial charge in [-0.3, -0.25) is 10.1 Å². The van der Waals surface area contributed by atoms with Crippen LogP contribution in [0.15, 0.2) is 41.0 Å². The van der Waals surface area contributed by atoms with Gasteiger partial charge in [-0.1, -0.05) is 37.6 Å². The molecule has 0 saturated heterocycles. The molecule has 0 amide bonds. The summed E-state index contributed by atoms with van der Waals surface area (Å²) >= 11 is 3.23. The highest BCUT2D eigenvalue weighted by Crippen LogP contribution is 2.33. The predicted octanol–water partition coefficient (Wildman–Crippen LogP) is 4.75. The first-order chi connectivity index (χ1) is 11.1. The Morgan fingerprint density at radius 3 is 2.74 bits per heavy atom. The van der Waals surface area contributed by atoms with Crippen molar-refractivity contribution in [3.63, 3.8) is 0 Å². The molecule has 1 unspecified atom stereocenters. The van der Waals surface area contributed by atoms with Crippen LogP contribution in [0.3, 0.4) is 0 Å². The average molecular weight is 374 g/mol. The van der Waals surface area contributed by atoms with E-state index >= 15 is 0 Å². The van der Waals surface area contributed by atoms with Crippen molar-refractivity contribution in [2.24, 2.45) is 0 Å². The fourth-order valence-electron chi connectivity index (χ4n) is 2.50. The number of pyridine rings is 1. The van der Waals surface area contributed by atoms with Gasteiger partial charge in [-0.2, -0.15) is 5.26 Å². The molecular weight excluding hydrogens is 358 g/mol. The topological polar surface area (TPSA) is 79.8 Å². The van der Waals surface area contributed by atoms with E-state index in [0.717, 1.165) is 30.4 Å². The third-order valence-corrected chi connectivity index (χ3v) is 4.08. The predicted molar refractivity (Wildman–Crippen MR) is 91.1 cm³/mol. The van der Waals surface area contributed by atoms with Gasteiger partial charge in [0.05, 0.1) is 11.0 Å². The minimum Gasteiger partial charge on any atom is -0.258 e. The van der Waals surface area contributed by atoms with Crippen molar-refractivity contribution < 1.29 is 4.92 Å². The molecule has 1 heterocycles. The second-order valence-electron chi connectivity index (χ2n) is 5.16. The van der Waals surface area contributed by atoms with E-state index in [9.17, 15) is 15.4 Å². The van der Waals surface area contributed by atoms with E-state index in [4.69, 9.17) is 0 Å². The van der Waals surface area contributed by atoms with Crippen molar-refractivity contribution in [2.45, 2.75) is 32.1 Å². The molecule has 0 bridgehead atoms. The lowest BCUT2D eigenvalue weighted by atomic mass is 9.89. The molecule has 0 aliphatic carbocycles. The number of hydrogen-bond donors (Lipinski definition) is 0. The molecule has 0 fully saturated rings. The standard InChI is InChI=1S/C17H16BrN3O2/c1-2-3-6-12-7-4-5-8-13(12)14(11-19)17-15(21(22)23)9-10-16(18)20-17/h4-5,7-10,14H,2-3,6H2,1H3. The van der Waals surface area contributed by atoms with Crippen LogP contribution in [0.2, 0.25) is 0 Å². The summed E-state index contributed by atoms with van der Waals surface area (Å²) in [5.41, 5.74) is 1.87. The van der Waals surface area contributed by atoms with Gasteiger partial charge in [-0.05, 0) is 46.0 Å². The van der Waals surface area contributed by atoms with Crippen molar-refractivity contribution >= 4 is 21.6 Å². The largest absolute Gasteiger partial charge is 0.292 e. The van der Waals surface area contributed by atoms with Crippen molar-refractivity contribution in [1.82, 2.24) is 4.98 Å². The van der Waals surface area contributed by atoms with Crippen molar-refractivity contribution in [1.29, 1.82) is 5.26 Å². The van der Waals surface area contributed by atoms with Crippen LogP contribution in [0.5, 0.6) is 0 Å². The van der Waals surface area contributed by atoms with E-state index in [2.05, 4.69) is 33.9 Å². The molecule has 0 saturated carbocycles. The zero-order valence-corrected chi connectivity index (χ0v) is 14.3. The number of unbranched alkanes of at least 4 members (excludes halogenated alkanes) is 1. The highest BCUT2D eigenvalue weighted by molar-refractivity contribution is 9.10. The molecule has 118 valence electrons. The van der Waals surface area contributed by atoms with Gasteiger partial charge >= 0.3 is 0 Å². The number of rotatable bonds is 6. The normalized spacial score (nSPS) is 11.7. The quantitative estimate of drug-likeness (QED) is 0.415. The van der Waals surface area contributed by atoms with Gasteiger partial charge in [0, 0.05) is 6.07 Å². The zero-order chi connectivity index (χ0) is 16.8. The Labute approximate surface area is 143 Å². The van der Waals surface area contributed by atoms with Gasteiger partial charge in [-0.25, -0.2) is 4.98 Å². The molecule has 0 radical (unpaired) electrons. The maximum atomic E-state index is 11.3. The Morgan fingerprint density at radius 2 is 2.09 bits per heavy atom. The van der Waals surface area contributed by atoms with E-state index < -0.39 is 10.8 Å². The molecule has 2 aromatic rings. The van der Waals surface area contributed by atoms with Crippen LogP contribution in [0.1, 0.15) is 42.5 Å². The first kappa shape index (κ1) is 17.1. The number of benzene rings is 1. The van der Waals surface area contributed by atoms with Gasteiger partial charge in [0.25, 0.3) is 5.69 Å². The fourth-order valence-corrected chi connectivity index (χ4v) is 2.82. The lowest BCUT2D eigenvalue weighted by Crippen LogP contribution is -2.08.